The van der Waals surface area contributed by atoms with Crippen LogP contribution in [0.3, 0.4) is 0 Å². The molecule has 1 saturated heterocycles. The number of nitrogens with one attached hydrogen (secondary N) is 1. The van der Waals surface area contributed by atoms with E-state index in [0.29, 0.717) is 25.1 Å². The molecule has 5 heteroatoms. The second-order valence-corrected chi connectivity index (χ2v) is 6.17. The van der Waals surface area contributed by atoms with Crippen molar-refractivity contribution in [3.63, 3.8) is 0 Å². The molecule has 134 valence electrons. The van der Waals surface area contributed by atoms with E-state index in [-0.39, 0.29) is 17.6 Å². The van der Waals surface area contributed by atoms with Gasteiger partial charge in [-0.25, -0.2) is 4.39 Å². The first-order valence-corrected chi connectivity index (χ1v) is 8.70. The summed E-state index contributed by atoms with van der Waals surface area (Å²) < 4.78 is 13.2. The van der Waals surface area contributed by atoms with Gasteiger partial charge in [-0.2, -0.15) is 0 Å². The first-order valence-electron chi connectivity index (χ1n) is 8.70. The van der Waals surface area contributed by atoms with E-state index in [1.807, 2.05) is 37.3 Å². The second kappa shape index (κ2) is 7.95. The molecule has 0 spiro atoms. The first-order chi connectivity index (χ1) is 12.6. The Morgan fingerprint density at radius 3 is 2.54 bits per heavy atom. The standard InChI is InChI=1S/C21H21FN2O2/c1-2-15(16-6-4-3-5-7-16)14-19(25)24-13-12-23-21(26)20(24)17-8-10-18(22)11-9-17/h3-11,14,20H,2,12-13H2,1H3,(H,23,26)/b15-14+. The van der Waals surface area contributed by atoms with Crippen molar-refractivity contribution in [2.75, 3.05) is 13.1 Å². The minimum absolute atomic E-state index is 0.213. The van der Waals surface area contributed by atoms with Crippen LogP contribution in [0.15, 0.2) is 60.7 Å². The van der Waals surface area contributed by atoms with Crippen molar-refractivity contribution in [2.24, 2.45) is 0 Å². The molecule has 2 amide bonds. The lowest BCUT2D eigenvalue weighted by molar-refractivity contribution is -0.140. The van der Waals surface area contributed by atoms with Gasteiger partial charge in [0.05, 0.1) is 0 Å². The number of benzene rings is 2. The van der Waals surface area contributed by atoms with Crippen molar-refractivity contribution >= 4 is 17.4 Å². The van der Waals surface area contributed by atoms with E-state index in [0.717, 1.165) is 11.1 Å². The van der Waals surface area contributed by atoms with Crippen LogP contribution in [0.5, 0.6) is 0 Å². The molecule has 1 aliphatic heterocycles. The third kappa shape index (κ3) is 3.82. The van der Waals surface area contributed by atoms with Crippen LogP contribution in [0.2, 0.25) is 0 Å². The van der Waals surface area contributed by atoms with Crippen molar-refractivity contribution in [3.8, 4) is 0 Å². The molecule has 0 saturated carbocycles. The molecule has 26 heavy (non-hydrogen) atoms. The number of hydrogen-bond donors (Lipinski definition) is 1. The van der Waals surface area contributed by atoms with E-state index in [1.165, 1.54) is 12.1 Å². The molecule has 0 aromatic heterocycles. The normalized spacial score (nSPS) is 17.8. The zero-order valence-electron chi connectivity index (χ0n) is 14.6. The Hall–Kier alpha value is -2.95. The van der Waals surface area contributed by atoms with Gasteiger partial charge in [0, 0.05) is 19.2 Å². The molecule has 1 heterocycles. The number of halogens is 1. The van der Waals surface area contributed by atoms with Crippen molar-refractivity contribution < 1.29 is 14.0 Å². The van der Waals surface area contributed by atoms with E-state index < -0.39 is 6.04 Å². The van der Waals surface area contributed by atoms with Gasteiger partial charge in [-0.15, -0.1) is 0 Å². The summed E-state index contributed by atoms with van der Waals surface area (Å²) in [6.45, 7) is 2.81. The van der Waals surface area contributed by atoms with Crippen molar-refractivity contribution in [2.45, 2.75) is 19.4 Å². The second-order valence-electron chi connectivity index (χ2n) is 6.17. The number of nitrogens with zero attached hydrogens (tertiary/aromatic N) is 1. The predicted octanol–water partition coefficient (Wildman–Crippen LogP) is 3.32. The zero-order chi connectivity index (χ0) is 18.5. The van der Waals surface area contributed by atoms with Crippen LogP contribution in [0.4, 0.5) is 4.39 Å². The fourth-order valence-corrected chi connectivity index (χ4v) is 3.15. The van der Waals surface area contributed by atoms with Crippen LogP contribution in [-0.4, -0.2) is 29.8 Å². The number of allylic oxidation sites excluding steroid dienone is 1. The maximum atomic E-state index is 13.2. The molecule has 0 radical (unpaired) electrons. The van der Waals surface area contributed by atoms with Crippen LogP contribution in [0, 0.1) is 5.82 Å². The molecular formula is C21H21FN2O2. The smallest absolute Gasteiger partial charge is 0.247 e. The number of rotatable bonds is 4. The van der Waals surface area contributed by atoms with Gasteiger partial charge in [-0.3, -0.25) is 9.59 Å². The third-order valence-corrected chi connectivity index (χ3v) is 4.50. The third-order valence-electron chi connectivity index (χ3n) is 4.50. The summed E-state index contributed by atoms with van der Waals surface area (Å²) in [5.41, 5.74) is 2.51. The van der Waals surface area contributed by atoms with E-state index in [9.17, 15) is 14.0 Å². The average molecular weight is 352 g/mol. The van der Waals surface area contributed by atoms with Gasteiger partial charge in [0.15, 0.2) is 0 Å². The minimum Gasteiger partial charge on any atom is -0.352 e. The lowest BCUT2D eigenvalue weighted by atomic mass is 10.00. The minimum atomic E-state index is -0.748. The topological polar surface area (TPSA) is 49.4 Å². The highest BCUT2D eigenvalue weighted by atomic mass is 19.1. The summed E-state index contributed by atoms with van der Waals surface area (Å²) in [6.07, 6.45) is 2.31. The Labute approximate surface area is 152 Å². The summed E-state index contributed by atoms with van der Waals surface area (Å²) in [5, 5.41) is 2.78. The highest BCUT2D eigenvalue weighted by Gasteiger charge is 2.33. The Morgan fingerprint density at radius 1 is 1.19 bits per heavy atom. The largest absolute Gasteiger partial charge is 0.352 e. The quantitative estimate of drug-likeness (QED) is 0.858. The Morgan fingerprint density at radius 2 is 1.88 bits per heavy atom. The molecule has 3 rings (SSSR count). The number of hydrogen-bond acceptors (Lipinski definition) is 2. The van der Waals surface area contributed by atoms with Gasteiger partial charge in [-0.05, 0) is 35.3 Å². The van der Waals surface area contributed by atoms with Gasteiger partial charge in [0.2, 0.25) is 11.8 Å². The Balaban J connectivity index is 1.91. The van der Waals surface area contributed by atoms with E-state index in [2.05, 4.69) is 5.32 Å². The molecule has 1 unspecified atom stereocenters. The van der Waals surface area contributed by atoms with Gasteiger partial charge >= 0.3 is 0 Å². The summed E-state index contributed by atoms with van der Waals surface area (Å²) >= 11 is 0. The fraction of sp³-hybridized carbons (Fsp3) is 0.238. The highest BCUT2D eigenvalue weighted by molar-refractivity contribution is 5.98. The van der Waals surface area contributed by atoms with Gasteiger partial charge in [0.1, 0.15) is 11.9 Å². The monoisotopic (exact) mass is 352 g/mol. The molecule has 1 atom stereocenters. The van der Waals surface area contributed by atoms with Crippen LogP contribution >= 0.6 is 0 Å². The maximum absolute atomic E-state index is 13.2. The number of amides is 2. The zero-order valence-corrected chi connectivity index (χ0v) is 14.6. The molecule has 0 aliphatic carbocycles. The van der Waals surface area contributed by atoms with Crippen molar-refractivity contribution in [1.82, 2.24) is 10.2 Å². The summed E-state index contributed by atoms with van der Waals surface area (Å²) in [7, 11) is 0. The lowest BCUT2D eigenvalue weighted by Gasteiger charge is -2.34. The summed E-state index contributed by atoms with van der Waals surface area (Å²) in [4.78, 5) is 26.9. The van der Waals surface area contributed by atoms with Crippen LogP contribution < -0.4 is 5.32 Å². The molecule has 0 bridgehead atoms. The van der Waals surface area contributed by atoms with Gasteiger partial charge in [-0.1, -0.05) is 49.4 Å². The lowest BCUT2D eigenvalue weighted by Crippen LogP contribution is -2.51. The van der Waals surface area contributed by atoms with Gasteiger partial charge in [0.25, 0.3) is 0 Å². The van der Waals surface area contributed by atoms with E-state index in [1.54, 1.807) is 23.1 Å². The van der Waals surface area contributed by atoms with Crippen molar-refractivity contribution in [3.05, 3.63) is 77.6 Å². The average Bonchev–Trinajstić information content (AvgIpc) is 2.67. The molecule has 2 aromatic carbocycles. The summed E-state index contributed by atoms with van der Waals surface area (Å²) in [6, 6.07) is 14.7. The molecule has 1 fully saturated rings. The Bertz CT molecular complexity index is 816. The number of carbonyl (C=O) groups is 2. The number of piperazine rings is 1. The number of carbonyl (C=O) groups excluding carboxylic acids is 2. The fourth-order valence-electron chi connectivity index (χ4n) is 3.15. The summed E-state index contributed by atoms with van der Waals surface area (Å²) in [5.74, 6) is -0.836. The first kappa shape index (κ1) is 17.9. The Kier molecular flexibility index (Phi) is 5.46. The molecule has 1 N–H and O–H groups in total. The van der Waals surface area contributed by atoms with E-state index >= 15 is 0 Å². The molecule has 4 nitrogen and oxygen atoms in total. The van der Waals surface area contributed by atoms with Crippen LogP contribution in [0.25, 0.3) is 5.57 Å². The van der Waals surface area contributed by atoms with Crippen molar-refractivity contribution in [1.29, 1.82) is 0 Å². The molecule has 2 aromatic rings. The van der Waals surface area contributed by atoms with Crippen LogP contribution in [-0.2, 0) is 9.59 Å². The SMILES string of the molecule is CC/C(=C\C(=O)N1CCNC(=O)C1c1ccc(F)cc1)c1ccccc1. The molecular weight excluding hydrogens is 331 g/mol. The van der Waals surface area contributed by atoms with E-state index in [4.69, 9.17) is 0 Å². The van der Waals surface area contributed by atoms with Gasteiger partial charge < -0.3 is 10.2 Å². The predicted molar refractivity (Wildman–Crippen MR) is 98.6 cm³/mol. The highest BCUT2D eigenvalue weighted by Crippen LogP contribution is 2.25. The molecule has 1 aliphatic rings. The van der Waals surface area contributed by atoms with Crippen LogP contribution in [0.1, 0.15) is 30.5 Å². The maximum Gasteiger partial charge on any atom is 0.247 e.